The van der Waals surface area contributed by atoms with Gasteiger partial charge in [0.2, 0.25) is 5.91 Å². The van der Waals surface area contributed by atoms with E-state index in [4.69, 9.17) is 9.47 Å². The second kappa shape index (κ2) is 11.9. The molecule has 0 aromatic heterocycles. The number of nitrogens with zero attached hydrogens (tertiary/aromatic N) is 1. The fourth-order valence-corrected chi connectivity index (χ4v) is 5.29. The number of hydrogen-bond donors (Lipinski definition) is 1. The molecule has 0 atom stereocenters. The molecule has 196 valence electrons. The Balaban J connectivity index is 1.26. The van der Waals surface area contributed by atoms with Crippen LogP contribution in [0.1, 0.15) is 11.1 Å². The molecular weight excluding hydrogens is 627 g/mol. The second-order valence-corrected chi connectivity index (χ2v) is 10.9. The highest BCUT2D eigenvalue weighted by Crippen LogP contribution is 2.35. The maximum absolute atomic E-state index is 13.0. The summed E-state index contributed by atoms with van der Waals surface area (Å²) in [6, 6.07) is 26.5. The van der Waals surface area contributed by atoms with Crippen LogP contribution >= 0.6 is 34.4 Å². The number of methoxy groups -OCH3 is 1. The van der Waals surface area contributed by atoms with Gasteiger partial charge in [0.1, 0.15) is 13.2 Å². The maximum Gasteiger partial charge on any atom is 0.294 e. The molecule has 1 fully saturated rings. The van der Waals surface area contributed by atoms with E-state index in [1.165, 1.54) is 0 Å². The van der Waals surface area contributed by atoms with Crippen molar-refractivity contribution in [2.75, 3.05) is 19.0 Å². The Bertz CT molecular complexity index is 1600. The summed E-state index contributed by atoms with van der Waals surface area (Å²) in [5.74, 6) is 0.0941. The minimum atomic E-state index is -0.518. The van der Waals surface area contributed by atoms with E-state index in [1.807, 2.05) is 60.7 Å². The summed E-state index contributed by atoms with van der Waals surface area (Å²) >= 11 is 3.05. The Labute approximate surface area is 243 Å². The fourth-order valence-electron chi connectivity index (χ4n) is 4.09. The van der Waals surface area contributed by atoms with Crippen molar-refractivity contribution in [2.24, 2.45) is 0 Å². The Kier molecular flexibility index (Phi) is 8.18. The highest BCUT2D eigenvalue weighted by atomic mass is 127. The molecule has 0 spiro atoms. The lowest BCUT2D eigenvalue weighted by Crippen LogP contribution is -2.36. The summed E-state index contributed by atoms with van der Waals surface area (Å²) in [6.45, 7) is 0.00617. The quantitative estimate of drug-likeness (QED) is 0.169. The van der Waals surface area contributed by atoms with Gasteiger partial charge in [-0.3, -0.25) is 19.3 Å². The molecule has 0 radical (unpaired) electrons. The van der Waals surface area contributed by atoms with Crippen LogP contribution in [0.4, 0.5) is 10.5 Å². The molecule has 7 nitrogen and oxygen atoms in total. The number of rotatable bonds is 8. The molecule has 9 heteroatoms. The molecule has 3 amide bonds. The second-order valence-electron chi connectivity index (χ2n) is 8.67. The van der Waals surface area contributed by atoms with Crippen molar-refractivity contribution in [2.45, 2.75) is 6.61 Å². The lowest BCUT2D eigenvalue weighted by atomic mass is 10.1. The molecule has 0 saturated carbocycles. The molecule has 0 unspecified atom stereocenters. The zero-order valence-corrected chi connectivity index (χ0v) is 23.8. The van der Waals surface area contributed by atoms with E-state index < -0.39 is 17.1 Å². The van der Waals surface area contributed by atoms with Gasteiger partial charge in [-0.2, -0.15) is 0 Å². The first-order chi connectivity index (χ1) is 18.9. The number of carbonyl (C=O) groups excluding carboxylic acids is 3. The number of nitrogens with one attached hydrogen (secondary N) is 1. The van der Waals surface area contributed by atoms with Crippen molar-refractivity contribution in [1.82, 2.24) is 4.90 Å². The van der Waals surface area contributed by atoms with E-state index in [1.54, 1.807) is 37.5 Å². The molecule has 4 aromatic rings. The highest BCUT2D eigenvalue weighted by Gasteiger charge is 2.36. The summed E-state index contributed by atoms with van der Waals surface area (Å²) in [5, 5.41) is 4.18. The Hall–Kier alpha value is -3.83. The van der Waals surface area contributed by atoms with Crippen molar-refractivity contribution in [3.8, 4) is 11.5 Å². The van der Waals surface area contributed by atoms with Crippen LogP contribution in [0.25, 0.3) is 16.8 Å². The number of carbonyl (C=O) groups is 3. The first-order valence-electron chi connectivity index (χ1n) is 12.0. The van der Waals surface area contributed by atoms with E-state index in [0.29, 0.717) is 29.4 Å². The largest absolute Gasteiger partial charge is 0.493 e. The van der Waals surface area contributed by atoms with Gasteiger partial charge in [0.15, 0.2) is 11.5 Å². The number of thioether (sulfide) groups is 1. The number of benzene rings is 4. The average Bonchev–Trinajstić information content (AvgIpc) is 3.20. The zero-order valence-electron chi connectivity index (χ0n) is 20.8. The van der Waals surface area contributed by atoms with Crippen molar-refractivity contribution in [1.29, 1.82) is 0 Å². The lowest BCUT2D eigenvalue weighted by Gasteiger charge is -2.13. The van der Waals surface area contributed by atoms with Gasteiger partial charge >= 0.3 is 0 Å². The molecular formula is C30H23IN2O5S. The number of halogens is 1. The number of imide groups is 1. The van der Waals surface area contributed by atoms with Crippen LogP contribution in [-0.4, -0.2) is 35.6 Å². The lowest BCUT2D eigenvalue weighted by molar-refractivity contribution is -0.127. The predicted octanol–water partition coefficient (Wildman–Crippen LogP) is 6.71. The summed E-state index contributed by atoms with van der Waals surface area (Å²) in [4.78, 5) is 39.5. The van der Waals surface area contributed by atoms with Crippen LogP contribution in [0.5, 0.6) is 11.5 Å². The zero-order chi connectivity index (χ0) is 27.4. The number of amides is 3. The molecule has 4 aromatic carbocycles. The van der Waals surface area contributed by atoms with Gasteiger partial charge in [-0.15, -0.1) is 0 Å². The SMILES string of the molecule is COc1cc(/C=C2\SC(=O)N(CC(=O)Nc3cccc4ccccc34)C2=O)ccc1OCc1ccc(I)cc1. The van der Waals surface area contributed by atoms with Gasteiger partial charge < -0.3 is 14.8 Å². The molecule has 39 heavy (non-hydrogen) atoms. The van der Waals surface area contributed by atoms with Gasteiger partial charge in [0, 0.05) is 14.6 Å². The minimum Gasteiger partial charge on any atom is -0.493 e. The molecule has 1 aliphatic rings. The third-order valence-corrected chi connectivity index (χ3v) is 7.66. The van der Waals surface area contributed by atoms with E-state index >= 15 is 0 Å². The third kappa shape index (κ3) is 6.26. The topological polar surface area (TPSA) is 84.9 Å². The standard InChI is InChI=1S/C30H23IN2O5S/c1-37-26-15-20(11-14-25(26)38-18-19-9-12-22(31)13-10-19)16-27-29(35)33(30(36)39-27)17-28(34)32-24-8-4-6-21-5-2-3-7-23(21)24/h2-16H,17-18H2,1H3,(H,32,34)/b27-16-. The van der Waals surface area contributed by atoms with Crippen molar-refractivity contribution >= 4 is 73.9 Å². The van der Waals surface area contributed by atoms with Crippen LogP contribution < -0.4 is 14.8 Å². The van der Waals surface area contributed by atoms with Crippen LogP contribution in [0.15, 0.2) is 89.8 Å². The number of ether oxygens (including phenoxy) is 2. The number of fused-ring (bicyclic) bond motifs is 1. The molecule has 0 bridgehead atoms. The summed E-state index contributed by atoms with van der Waals surface area (Å²) < 4.78 is 12.6. The smallest absolute Gasteiger partial charge is 0.294 e. The van der Waals surface area contributed by atoms with E-state index in [-0.39, 0.29) is 11.4 Å². The molecule has 1 N–H and O–H groups in total. The van der Waals surface area contributed by atoms with Crippen LogP contribution in [-0.2, 0) is 16.2 Å². The monoisotopic (exact) mass is 650 g/mol. The van der Waals surface area contributed by atoms with Crippen molar-refractivity contribution < 1.29 is 23.9 Å². The summed E-state index contributed by atoms with van der Waals surface area (Å²) in [6.07, 6.45) is 1.61. The van der Waals surface area contributed by atoms with E-state index in [2.05, 4.69) is 27.9 Å². The Morgan fingerprint density at radius 1 is 0.974 bits per heavy atom. The minimum absolute atomic E-state index is 0.229. The summed E-state index contributed by atoms with van der Waals surface area (Å²) in [7, 11) is 1.54. The van der Waals surface area contributed by atoms with Gasteiger partial charge in [-0.25, -0.2) is 0 Å². The van der Waals surface area contributed by atoms with Gasteiger partial charge in [0.25, 0.3) is 11.1 Å². The number of hydrogen-bond acceptors (Lipinski definition) is 6. The van der Waals surface area contributed by atoms with Crippen LogP contribution in [0.3, 0.4) is 0 Å². The normalized spacial score (nSPS) is 14.2. The molecule has 1 heterocycles. The van der Waals surface area contributed by atoms with Gasteiger partial charge in [-0.1, -0.05) is 54.6 Å². The first-order valence-corrected chi connectivity index (χ1v) is 13.9. The molecule has 1 aliphatic heterocycles. The van der Waals surface area contributed by atoms with Crippen molar-refractivity contribution in [3.63, 3.8) is 0 Å². The predicted molar refractivity (Wildman–Crippen MR) is 162 cm³/mol. The molecule has 5 rings (SSSR count). The first kappa shape index (κ1) is 26.8. The molecule has 1 saturated heterocycles. The highest BCUT2D eigenvalue weighted by molar-refractivity contribution is 14.1. The van der Waals surface area contributed by atoms with Crippen LogP contribution in [0, 0.1) is 3.57 Å². The van der Waals surface area contributed by atoms with E-state index in [9.17, 15) is 14.4 Å². The average molecular weight is 650 g/mol. The third-order valence-electron chi connectivity index (χ3n) is 6.03. The number of anilines is 1. The molecule has 0 aliphatic carbocycles. The Morgan fingerprint density at radius 2 is 1.74 bits per heavy atom. The van der Waals surface area contributed by atoms with Gasteiger partial charge in [-0.05, 0) is 87.3 Å². The van der Waals surface area contributed by atoms with Gasteiger partial charge in [0.05, 0.1) is 12.0 Å². The fraction of sp³-hybridized carbons (Fsp3) is 0.100. The van der Waals surface area contributed by atoms with Crippen LogP contribution in [0.2, 0.25) is 0 Å². The summed E-state index contributed by atoms with van der Waals surface area (Å²) in [5.41, 5.74) is 2.32. The van der Waals surface area contributed by atoms with Crippen molar-refractivity contribution in [3.05, 3.63) is 105 Å². The van der Waals surface area contributed by atoms with E-state index in [0.717, 1.165) is 36.6 Å². The maximum atomic E-state index is 13.0. The Morgan fingerprint density at radius 3 is 2.54 bits per heavy atom.